The number of ether oxygens (including phenoxy) is 1. The van der Waals surface area contributed by atoms with Crippen LogP contribution in [-0.4, -0.2) is 35.5 Å². The topological polar surface area (TPSA) is 97.5 Å². The number of nitrogens with zero attached hydrogens (tertiary/aromatic N) is 1. The Kier molecular flexibility index (Phi) is 4.93. The molecule has 1 atom stereocenters. The molecule has 0 spiro atoms. The lowest BCUT2D eigenvalue weighted by molar-refractivity contribution is -0.154. The molecular weight excluding hydrogens is 267 g/mol. The van der Waals surface area contributed by atoms with Gasteiger partial charge in [0.15, 0.2) is 6.61 Å². The Bertz CT molecular complexity index is 440. The van der Waals surface area contributed by atoms with Crippen LogP contribution in [0.1, 0.15) is 11.6 Å². The fraction of sp³-hybridized carbons (Fsp3) is 0.400. The molecule has 0 aliphatic rings. The average molecular weight is 279 g/mol. The van der Waals surface area contributed by atoms with Crippen LogP contribution in [0, 0.1) is 0 Å². The molecule has 0 unspecified atom stereocenters. The van der Waals surface area contributed by atoms with E-state index in [9.17, 15) is 18.0 Å². The summed E-state index contributed by atoms with van der Waals surface area (Å²) < 4.78 is 40.4. The summed E-state index contributed by atoms with van der Waals surface area (Å²) in [5.74, 6) is -0.264. The minimum absolute atomic E-state index is 0.264. The quantitative estimate of drug-likeness (QED) is 0.740. The summed E-state index contributed by atoms with van der Waals surface area (Å²) in [6, 6.07) is 0.891. The van der Waals surface area contributed by atoms with Gasteiger partial charge in [0.05, 0.1) is 12.6 Å². The molecule has 1 rings (SSSR count). The molecule has 4 N–H and O–H groups in total. The van der Waals surface area contributed by atoms with Gasteiger partial charge in [0.25, 0.3) is 0 Å². The highest BCUT2D eigenvalue weighted by atomic mass is 19.4. The lowest BCUT2D eigenvalue weighted by atomic mass is 10.1. The predicted octanol–water partition coefficient (Wildman–Crippen LogP) is 0.724. The van der Waals surface area contributed by atoms with Crippen molar-refractivity contribution in [1.29, 1.82) is 0 Å². The van der Waals surface area contributed by atoms with Crippen LogP contribution in [0.25, 0.3) is 0 Å². The fourth-order valence-electron chi connectivity index (χ4n) is 1.28. The molecular formula is C10H12F3N3O3. The van der Waals surface area contributed by atoms with Crippen LogP contribution in [0.3, 0.4) is 0 Å². The smallest absolute Gasteiger partial charge is 0.422 e. The van der Waals surface area contributed by atoms with Gasteiger partial charge in [0, 0.05) is 12.3 Å². The number of carbonyl (C=O) groups excluding carboxylic acids is 1. The van der Waals surface area contributed by atoms with Crippen LogP contribution in [0.4, 0.5) is 18.0 Å². The molecule has 1 aromatic heterocycles. The SMILES string of the molecule is NC(=O)N[C@@H](CO)c1ccnc(OCC(F)(F)F)c1. The molecule has 1 aromatic rings. The summed E-state index contributed by atoms with van der Waals surface area (Å²) >= 11 is 0. The average Bonchev–Trinajstić information content (AvgIpc) is 2.33. The minimum atomic E-state index is -4.47. The second kappa shape index (κ2) is 6.23. The Morgan fingerprint density at radius 1 is 1.58 bits per heavy atom. The fourth-order valence-corrected chi connectivity index (χ4v) is 1.28. The molecule has 0 saturated carbocycles. The normalized spacial score (nSPS) is 12.8. The van der Waals surface area contributed by atoms with Crippen LogP contribution in [0.15, 0.2) is 18.3 Å². The maximum atomic E-state index is 12.0. The van der Waals surface area contributed by atoms with Gasteiger partial charge in [-0.05, 0) is 11.6 Å². The largest absolute Gasteiger partial charge is 0.468 e. The Morgan fingerprint density at radius 2 is 2.26 bits per heavy atom. The number of urea groups is 1. The van der Waals surface area contributed by atoms with E-state index in [1.807, 2.05) is 0 Å². The van der Waals surface area contributed by atoms with Gasteiger partial charge >= 0.3 is 12.2 Å². The number of aromatic nitrogens is 1. The van der Waals surface area contributed by atoms with Crippen molar-refractivity contribution in [2.75, 3.05) is 13.2 Å². The van der Waals surface area contributed by atoms with Crippen molar-refractivity contribution in [3.05, 3.63) is 23.9 Å². The summed E-state index contributed by atoms with van der Waals surface area (Å²) in [5.41, 5.74) is 5.23. The van der Waals surface area contributed by atoms with Crippen molar-refractivity contribution in [3.63, 3.8) is 0 Å². The van der Waals surface area contributed by atoms with Crippen molar-refractivity contribution < 1.29 is 27.8 Å². The second-order valence-corrected chi connectivity index (χ2v) is 3.58. The highest BCUT2D eigenvalue weighted by Crippen LogP contribution is 2.20. The molecule has 0 radical (unpaired) electrons. The zero-order chi connectivity index (χ0) is 14.5. The third kappa shape index (κ3) is 5.42. The molecule has 0 saturated heterocycles. The standard InChI is InChI=1S/C10H12F3N3O3/c11-10(12,13)5-19-8-3-6(1-2-15-8)7(4-17)16-9(14)18/h1-3,7,17H,4-5H2,(H3,14,16,18)/t7-/m0/s1. The number of rotatable bonds is 5. The molecule has 6 nitrogen and oxygen atoms in total. The number of amides is 2. The van der Waals surface area contributed by atoms with Gasteiger partial charge in [-0.1, -0.05) is 0 Å². The van der Waals surface area contributed by atoms with E-state index in [-0.39, 0.29) is 5.88 Å². The first kappa shape index (κ1) is 15.0. The molecule has 0 fully saturated rings. The Labute approximate surface area is 106 Å². The van der Waals surface area contributed by atoms with Crippen molar-refractivity contribution >= 4 is 6.03 Å². The Balaban J connectivity index is 2.77. The number of aliphatic hydroxyl groups excluding tert-OH is 1. The maximum absolute atomic E-state index is 12.0. The van der Waals surface area contributed by atoms with Crippen molar-refractivity contribution in [2.24, 2.45) is 5.73 Å². The van der Waals surface area contributed by atoms with E-state index in [1.54, 1.807) is 0 Å². The molecule has 0 aliphatic carbocycles. The minimum Gasteiger partial charge on any atom is -0.468 e. The third-order valence-electron chi connectivity index (χ3n) is 2.04. The van der Waals surface area contributed by atoms with E-state index >= 15 is 0 Å². The maximum Gasteiger partial charge on any atom is 0.422 e. The number of primary amides is 1. The number of nitrogens with one attached hydrogen (secondary N) is 1. The predicted molar refractivity (Wildman–Crippen MR) is 58.3 cm³/mol. The Morgan fingerprint density at radius 3 is 2.79 bits per heavy atom. The summed E-state index contributed by atoms with van der Waals surface area (Å²) in [5, 5.41) is 11.3. The first-order chi connectivity index (χ1) is 8.81. The van der Waals surface area contributed by atoms with E-state index in [0.717, 1.165) is 0 Å². The van der Waals surface area contributed by atoms with E-state index in [4.69, 9.17) is 10.8 Å². The highest BCUT2D eigenvalue weighted by Gasteiger charge is 2.28. The molecule has 106 valence electrons. The number of hydrogen-bond donors (Lipinski definition) is 3. The van der Waals surface area contributed by atoms with Crippen LogP contribution in [0.2, 0.25) is 0 Å². The zero-order valence-corrected chi connectivity index (χ0v) is 9.65. The van der Waals surface area contributed by atoms with E-state index in [1.165, 1.54) is 18.3 Å². The number of aliphatic hydroxyl groups is 1. The van der Waals surface area contributed by atoms with Gasteiger partial charge in [0.2, 0.25) is 5.88 Å². The molecule has 0 aliphatic heterocycles. The molecule has 2 amide bonds. The van der Waals surface area contributed by atoms with Crippen molar-refractivity contribution in [1.82, 2.24) is 10.3 Å². The van der Waals surface area contributed by atoms with Gasteiger partial charge in [0.1, 0.15) is 0 Å². The molecule has 9 heteroatoms. The summed E-state index contributed by atoms with van der Waals surface area (Å²) in [7, 11) is 0. The number of halogens is 3. The van der Waals surface area contributed by atoms with E-state index in [2.05, 4.69) is 15.0 Å². The number of carbonyl (C=O) groups is 1. The first-order valence-corrected chi connectivity index (χ1v) is 5.14. The summed E-state index contributed by atoms with van der Waals surface area (Å²) in [6.07, 6.45) is -3.27. The molecule has 1 heterocycles. The number of pyridine rings is 1. The first-order valence-electron chi connectivity index (χ1n) is 5.14. The zero-order valence-electron chi connectivity index (χ0n) is 9.65. The third-order valence-corrected chi connectivity index (χ3v) is 2.04. The lowest BCUT2D eigenvalue weighted by Gasteiger charge is -2.16. The monoisotopic (exact) mass is 279 g/mol. The molecule has 0 aromatic carbocycles. The van der Waals surface area contributed by atoms with Crippen molar-refractivity contribution in [3.8, 4) is 5.88 Å². The summed E-state index contributed by atoms with van der Waals surface area (Å²) in [6.45, 7) is -1.94. The Hall–Kier alpha value is -2.03. The molecule has 0 bridgehead atoms. The van der Waals surface area contributed by atoms with Crippen LogP contribution >= 0.6 is 0 Å². The van der Waals surface area contributed by atoms with Crippen LogP contribution < -0.4 is 15.8 Å². The van der Waals surface area contributed by atoms with Gasteiger partial charge in [-0.25, -0.2) is 9.78 Å². The van der Waals surface area contributed by atoms with Gasteiger partial charge < -0.3 is 20.9 Å². The number of alkyl halides is 3. The van der Waals surface area contributed by atoms with Crippen molar-refractivity contribution in [2.45, 2.75) is 12.2 Å². The van der Waals surface area contributed by atoms with Crippen LogP contribution in [0.5, 0.6) is 5.88 Å². The summed E-state index contributed by atoms with van der Waals surface area (Å²) in [4.78, 5) is 14.3. The second-order valence-electron chi connectivity index (χ2n) is 3.58. The van der Waals surface area contributed by atoms with E-state index in [0.29, 0.717) is 5.56 Å². The van der Waals surface area contributed by atoms with E-state index < -0.39 is 31.5 Å². The lowest BCUT2D eigenvalue weighted by Crippen LogP contribution is -2.35. The molecule has 19 heavy (non-hydrogen) atoms. The highest BCUT2D eigenvalue weighted by molar-refractivity contribution is 5.72. The number of hydrogen-bond acceptors (Lipinski definition) is 4. The van der Waals surface area contributed by atoms with Gasteiger partial charge in [-0.3, -0.25) is 0 Å². The van der Waals surface area contributed by atoms with Crippen LogP contribution in [-0.2, 0) is 0 Å². The van der Waals surface area contributed by atoms with Gasteiger partial charge in [-0.2, -0.15) is 13.2 Å². The van der Waals surface area contributed by atoms with Gasteiger partial charge in [-0.15, -0.1) is 0 Å². The number of nitrogens with two attached hydrogens (primary N) is 1.